The summed E-state index contributed by atoms with van der Waals surface area (Å²) in [5.74, 6) is 1.15. The summed E-state index contributed by atoms with van der Waals surface area (Å²) in [6.07, 6.45) is 0.340. The van der Waals surface area contributed by atoms with Gasteiger partial charge in [-0.3, -0.25) is 9.79 Å². The van der Waals surface area contributed by atoms with E-state index in [2.05, 4.69) is 34.8 Å². The Kier molecular flexibility index (Phi) is 7.74. The molecule has 0 radical (unpaired) electrons. The Morgan fingerprint density at radius 2 is 2.05 bits per heavy atom. The van der Waals surface area contributed by atoms with Crippen molar-refractivity contribution < 1.29 is 4.79 Å². The molecule has 1 aromatic rings. The van der Waals surface area contributed by atoms with Crippen LogP contribution in [0, 0.1) is 12.8 Å². The van der Waals surface area contributed by atoms with Crippen LogP contribution in [-0.2, 0) is 4.79 Å². The van der Waals surface area contributed by atoms with Crippen molar-refractivity contribution in [1.82, 2.24) is 10.6 Å². The van der Waals surface area contributed by atoms with Crippen LogP contribution in [0.15, 0.2) is 23.2 Å². The van der Waals surface area contributed by atoms with Crippen LogP contribution in [0.4, 0.5) is 5.69 Å². The number of nitrogens with zero attached hydrogens (tertiary/aromatic N) is 1. The highest BCUT2D eigenvalue weighted by molar-refractivity contribution is 6.33. The van der Waals surface area contributed by atoms with Gasteiger partial charge in [0.2, 0.25) is 5.91 Å². The zero-order valence-corrected chi connectivity index (χ0v) is 14.4. The van der Waals surface area contributed by atoms with E-state index in [1.807, 2.05) is 25.1 Å². The molecule has 122 valence electrons. The highest BCUT2D eigenvalue weighted by atomic mass is 35.5. The van der Waals surface area contributed by atoms with Crippen molar-refractivity contribution in [2.24, 2.45) is 10.9 Å². The van der Waals surface area contributed by atoms with E-state index in [9.17, 15) is 4.79 Å². The summed E-state index contributed by atoms with van der Waals surface area (Å²) in [7, 11) is 1.71. The van der Waals surface area contributed by atoms with Gasteiger partial charge in [-0.05, 0) is 30.5 Å². The third kappa shape index (κ3) is 6.80. The van der Waals surface area contributed by atoms with Gasteiger partial charge in [0.1, 0.15) is 0 Å². The molecule has 1 rings (SSSR count). The van der Waals surface area contributed by atoms with Crippen LogP contribution in [0.1, 0.15) is 25.8 Å². The van der Waals surface area contributed by atoms with Gasteiger partial charge in [-0.25, -0.2) is 0 Å². The number of aryl methyl sites for hydroxylation is 1. The van der Waals surface area contributed by atoms with Crippen LogP contribution in [0.25, 0.3) is 0 Å². The van der Waals surface area contributed by atoms with E-state index in [-0.39, 0.29) is 5.91 Å². The van der Waals surface area contributed by atoms with Gasteiger partial charge in [0.25, 0.3) is 0 Å². The van der Waals surface area contributed by atoms with Crippen LogP contribution < -0.4 is 16.0 Å². The van der Waals surface area contributed by atoms with E-state index in [1.54, 1.807) is 7.05 Å². The lowest BCUT2D eigenvalue weighted by Gasteiger charge is -2.13. The Bertz CT molecular complexity index is 529. The first-order valence-electron chi connectivity index (χ1n) is 7.43. The second kappa shape index (κ2) is 9.30. The van der Waals surface area contributed by atoms with Gasteiger partial charge in [-0.15, -0.1) is 0 Å². The molecule has 1 amide bonds. The molecule has 22 heavy (non-hydrogen) atoms. The summed E-state index contributed by atoms with van der Waals surface area (Å²) in [6.45, 7) is 7.55. The fraction of sp³-hybridized carbons (Fsp3) is 0.500. The first kappa shape index (κ1) is 18.3. The molecule has 0 aliphatic rings. The fourth-order valence-corrected chi connectivity index (χ4v) is 2.03. The summed E-state index contributed by atoms with van der Waals surface area (Å²) < 4.78 is 0. The van der Waals surface area contributed by atoms with Crippen molar-refractivity contribution in [1.29, 1.82) is 0 Å². The molecule has 1 aromatic carbocycles. The van der Waals surface area contributed by atoms with Crippen molar-refractivity contribution in [2.45, 2.75) is 27.2 Å². The smallest absolute Gasteiger partial charge is 0.226 e. The molecule has 0 heterocycles. The van der Waals surface area contributed by atoms with Crippen LogP contribution in [-0.4, -0.2) is 32.0 Å². The molecule has 0 unspecified atom stereocenters. The average molecular weight is 325 g/mol. The molecule has 0 aliphatic heterocycles. The topological polar surface area (TPSA) is 65.5 Å². The maximum absolute atomic E-state index is 11.9. The minimum absolute atomic E-state index is 0.0856. The maximum atomic E-state index is 11.9. The molecule has 0 bridgehead atoms. The van der Waals surface area contributed by atoms with Gasteiger partial charge in [-0.2, -0.15) is 0 Å². The predicted molar refractivity (Wildman–Crippen MR) is 93.6 cm³/mol. The average Bonchev–Trinajstić information content (AvgIpc) is 2.45. The van der Waals surface area contributed by atoms with Crippen molar-refractivity contribution in [3.8, 4) is 0 Å². The summed E-state index contributed by atoms with van der Waals surface area (Å²) in [6, 6.07) is 5.55. The number of amides is 1. The number of carbonyl (C=O) groups is 1. The first-order chi connectivity index (χ1) is 10.4. The zero-order valence-electron chi connectivity index (χ0n) is 13.7. The van der Waals surface area contributed by atoms with Gasteiger partial charge in [0.05, 0.1) is 10.7 Å². The molecule has 0 fully saturated rings. The lowest BCUT2D eigenvalue weighted by atomic mass is 10.2. The predicted octanol–water partition coefficient (Wildman–Crippen LogP) is 2.80. The minimum atomic E-state index is -0.0856. The van der Waals surface area contributed by atoms with E-state index in [0.29, 0.717) is 35.6 Å². The van der Waals surface area contributed by atoms with E-state index in [1.165, 1.54) is 0 Å². The number of anilines is 1. The monoisotopic (exact) mass is 324 g/mol. The normalized spacial score (nSPS) is 11.5. The lowest BCUT2D eigenvalue weighted by molar-refractivity contribution is -0.116. The third-order valence-corrected chi connectivity index (χ3v) is 3.26. The van der Waals surface area contributed by atoms with Crippen LogP contribution >= 0.6 is 11.6 Å². The fourth-order valence-electron chi connectivity index (χ4n) is 1.75. The molecule has 6 heteroatoms. The number of nitrogens with one attached hydrogen (secondary N) is 3. The zero-order chi connectivity index (χ0) is 16.5. The first-order valence-corrected chi connectivity index (χ1v) is 7.80. The quantitative estimate of drug-likeness (QED) is 0.557. The Labute approximate surface area is 137 Å². The molecule has 5 nitrogen and oxygen atoms in total. The summed E-state index contributed by atoms with van der Waals surface area (Å²) in [5, 5.41) is 9.66. The Morgan fingerprint density at radius 3 is 2.64 bits per heavy atom. The van der Waals surface area contributed by atoms with Crippen molar-refractivity contribution in [3.63, 3.8) is 0 Å². The SMILES string of the molecule is CN=C(NCCC(=O)Nc1ccc(C)cc1Cl)NCC(C)C. The van der Waals surface area contributed by atoms with Gasteiger partial charge in [-0.1, -0.05) is 31.5 Å². The molecule has 0 aliphatic carbocycles. The number of carbonyl (C=O) groups excluding carboxylic acids is 1. The molecule has 0 saturated heterocycles. The van der Waals surface area contributed by atoms with Crippen LogP contribution in [0.3, 0.4) is 0 Å². The number of benzene rings is 1. The maximum Gasteiger partial charge on any atom is 0.226 e. The molecule has 0 saturated carbocycles. The Hall–Kier alpha value is -1.75. The third-order valence-electron chi connectivity index (χ3n) is 2.94. The highest BCUT2D eigenvalue weighted by Crippen LogP contribution is 2.22. The van der Waals surface area contributed by atoms with Crippen molar-refractivity contribution in [2.75, 3.05) is 25.5 Å². The molecular formula is C16H25ClN4O. The Balaban J connectivity index is 2.36. The van der Waals surface area contributed by atoms with Crippen LogP contribution in [0.2, 0.25) is 5.02 Å². The van der Waals surface area contributed by atoms with Gasteiger partial charge >= 0.3 is 0 Å². The molecule has 3 N–H and O–H groups in total. The number of hydrogen-bond donors (Lipinski definition) is 3. The number of guanidine groups is 1. The van der Waals surface area contributed by atoms with E-state index < -0.39 is 0 Å². The highest BCUT2D eigenvalue weighted by Gasteiger charge is 2.06. The number of hydrogen-bond acceptors (Lipinski definition) is 2. The number of rotatable bonds is 6. The molecular weight excluding hydrogens is 300 g/mol. The largest absolute Gasteiger partial charge is 0.356 e. The summed E-state index contributed by atoms with van der Waals surface area (Å²) in [4.78, 5) is 16.0. The van der Waals surface area contributed by atoms with Crippen LogP contribution in [0.5, 0.6) is 0 Å². The minimum Gasteiger partial charge on any atom is -0.356 e. The van der Waals surface area contributed by atoms with E-state index in [0.717, 1.165) is 12.1 Å². The van der Waals surface area contributed by atoms with Gasteiger partial charge < -0.3 is 16.0 Å². The molecule has 0 spiro atoms. The number of halogens is 1. The number of aliphatic imine (C=N–C) groups is 1. The summed E-state index contributed by atoms with van der Waals surface area (Å²) in [5.41, 5.74) is 1.70. The summed E-state index contributed by atoms with van der Waals surface area (Å²) >= 11 is 6.09. The second-order valence-corrected chi connectivity index (χ2v) is 5.96. The van der Waals surface area contributed by atoms with Crippen molar-refractivity contribution >= 4 is 29.2 Å². The second-order valence-electron chi connectivity index (χ2n) is 5.56. The van der Waals surface area contributed by atoms with Crippen molar-refractivity contribution in [3.05, 3.63) is 28.8 Å². The standard InChI is InChI=1S/C16H25ClN4O/c1-11(2)10-20-16(18-4)19-8-7-15(22)21-14-6-5-12(3)9-13(14)17/h5-6,9,11H,7-8,10H2,1-4H3,(H,21,22)(H2,18,19,20). The lowest BCUT2D eigenvalue weighted by Crippen LogP contribution is -2.40. The van der Waals surface area contributed by atoms with E-state index in [4.69, 9.17) is 11.6 Å². The molecule has 0 atom stereocenters. The van der Waals surface area contributed by atoms with Gasteiger partial charge in [0, 0.05) is 26.6 Å². The van der Waals surface area contributed by atoms with E-state index >= 15 is 0 Å². The van der Waals surface area contributed by atoms with Gasteiger partial charge in [0.15, 0.2) is 5.96 Å². The Morgan fingerprint density at radius 1 is 1.32 bits per heavy atom. The molecule has 0 aromatic heterocycles.